The molecule has 2 heterocycles. The first-order valence-electron chi connectivity index (χ1n) is 36.1. The van der Waals surface area contributed by atoms with E-state index in [1.807, 2.05) is 0 Å². The van der Waals surface area contributed by atoms with Crippen LogP contribution in [0.3, 0.4) is 0 Å². The van der Waals surface area contributed by atoms with E-state index in [-0.39, 0.29) is 114 Å². The number of nitrogens with one attached hydrogen (secondary N) is 1. The average Bonchev–Trinajstić information content (AvgIpc) is 0.983. The van der Waals surface area contributed by atoms with Crippen LogP contribution in [-0.4, -0.2) is 70.2 Å². The van der Waals surface area contributed by atoms with E-state index in [0.29, 0.717) is 43.1 Å². The number of Topliss-reactive ketones (excluding diaryl/α,β-unsaturated/α-hetero) is 1. The molecule has 17 rings (SSSR count). The van der Waals surface area contributed by atoms with Gasteiger partial charge in [0.1, 0.15) is 5.75 Å². The normalized spacial score (nSPS) is 38.4. The lowest BCUT2D eigenvalue weighted by Crippen LogP contribution is -2.63. The van der Waals surface area contributed by atoms with Crippen LogP contribution in [0.5, 0.6) is 17.2 Å². The van der Waals surface area contributed by atoms with E-state index in [4.69, 9.17) is 20.2 Å². The summed E-state index contributed by atoms with van der Waals surface area (Å²) in [6.45, 7) is 2.97. The van der Waals surface area contributed by atoms with Crippen LogP contribution in [0.2, 0.25) is 0 Å². The lowest BCUT2D eigenvalue weighted by Gasteiger charge is -2.68. The van der Waals surface area contributed by atoms with Gasteiger partial charge in [0.25, 0.3) is 0 Å². The fourth-order valence-corrected chi connectivity index (χ4v) is 24.4. The molecule has 14 atom stereocenters. The molecular formula is C80H97N3O7. The quantitative estimate of drug-likeness (QED) is 0.110. The van der Waals surface area contributed by atoms with Gasteiger partial charge in [-0.1, -0.05) is 130 Å². The lowest BCUT2D eigenvalue weighted by atomic mass is 9.37. The number of aromatic hydroxyl groups is 2. The average molecular weight is 1210 g/mol. The number of ether oxygens (including phenoxy) is 2. The third kappa shape index (κ3) is 8.71. The van der Waals surface area contributed by atoms with Crippen LogP contribution in [0, 0.1) is 69.5 Å². The van der Waals surface area contributed by atoms with E-state index >= 15 is 4.79 Å². The molecule has 8 fully saturated rings. The number of allylic oxidation sites excluding steroid dienone is 6. The van der Waals surface area contributed by atoms with Crippen LogP contribution in [0.25, 0.3) is 0 Å². The van der Waals surface area contributed by atoms with Crippen molar-refractivity contribution in [2.75, 3.05) is 19.8 Å². The second-order valence-electron chi connectivity index (χ2n) is 32.3. The highest BCUT2D eigenvalue weighted by molar-refractivity contribution is 5.98. The largest absolute Gasteiger partial charge is 0.508 e. The van der Waals surface area contributed by atoms with Gasteiger partial charge >= 0.3 is 0 Å². The molecule has 14 aliphatic rings. The minimum atomic E-state index is -0.739. The standard InChI is InChI=1S/C80H97N3O7/c1-48-42-78-30-22-49-33-51-44-76(47-85)25-8-5-21-63(76)62(46-84)68(51)65(87)40-60(49)61-41-66(90-58-18-3-4-19-58)72(88)70-59(61)20-14-17-56(34-50-35-67(78)79(43-48)45-64-73(69(50)71(70)79)89-32-31-75(64)23-9-10-24-75)82-74(81)83-80(28-6-2-7-29-80)53-16-13-15-52(36-53)77(26-11-12-27-77)54-37-55(78)39-57(86)38-54/h8,13,15-16,22,25,30,35-39,41,48-51,56,58,60,63-64,69,71,73,84-86,88H,2-7,9-12,17-19,21,23-24,26-29,31-34,40,42-47H2,1H3,(H3,81,82,83)/b30-22+/t48-,49+,50+,51-,56+,60-,63+,64-,69-,71-,73+,76+,78+,79+/m1/s1. The molecule has 12 aliphatic carbocycles. The zero-order valence-electron chi connectivity index (χ0n) is 53.4. The van der Waals surface area contributed by atoms with Crippen LogP contribution in [-0.2, 0) is 25.9 Å². The van der Waals surface area contributed by atoms with Crippen LogP contribution < -0.4 is 15.8 Å². The Kier molecular flexibility index (Phi) is 14.1. The predicted molar refractivity (Wildman–Crippen MR) is 351 cm³/mol. The van der Waals surface area contributed by atoms with Gasteiger partial charge in [-0.05, 0) is 226 Å². The molecule has 0 amide bonds. The van der Waals surface area contributed by atoms with Gasteiger partial charge in [0.2, 0.25) is 0 Å². The summed E-state index contributed by atoms with van der Waals surface area (Å²) in [5.74, 6) is 8.64. The van der Waals surface area contributed by atoms with E-state index in [1.165, 1.54) is 54.4 Å². The van der Waals surface area contributed by atoms with E-state index in [9.17, 15) is 20.4 Å². The first-order chi connectivity index (χ1) is 43.8. The molecule has 10 nitrogen and oxygen atoms in total. The summed E-state index contributed by atoms with van der Waals surface area (Å²) in [6.07, 6.45) is 38.6. The molecule has 7 N–H and O–H groups in total. The van der Waals surface area contributed by atoms with Crippen molar-refractivity contribution in [3.8, 4) is 29.1 Å². The van der Waals surface area contributed by atoms with Crippen LogP contribution in [0.1, 0.15) is 237 Å². The second kappa shape index (κ2) is 21.7. The SMILES string of the molecule is C[C@H]1C[C@]23C[C@@H]4[C@H](OCCC45CCCC5)[C@@H]4[C@@H]5C=C2[C@@]2(/C=C/[C@H]6C[C@@H]7C[C@]8(CO)C=CCC[C@H]8C(CO)=C7C(=O)C[C@H]6c6cc(OC7CCCC7)c(O)c(c6C#CC[C@@H](C5)N=C(N)NC5(CCCCC5)c5cccc(c5)C5(CCCC5)c5cc(O)cc2c5)[C@@H]43)C1. The number of carbonyl (C=O) groups is 1. The van der Waals surface area contributed by atoms with Gasteiger partial charge in [0.05, 0.1) is 37.0 Å². The van der Waals surface area contributed by atoms with Crippen molar-refractivity contribution >= 4 is 11.7 Å². The molecular weight excluding hydrogens is 1110 g/mol. The Balaban J connectivity index is 1.000. The summed E-state index contributed by atoms with van der Waals surface area (Å²) in [5, 5.41) is 54.5. The molecule has 0 unspecified atom stereocenters. The van der Waals surface area contributed by atoms with E-state index in [2.05, 4.69) is 103 Å². The summed E-state index contributed by atoms with van der Waals surface area (Å²) in [4.78, 5) is 21.9. The highest BCUT2D eigenvalue weighted by Gasteiger charge is 2.69. The van der Waals surface area contributed by atoms with E-state index < -0.39 is 21.8 Å². The van der Waals surface area contributed by atoms with Crippen LogP contribution in [0.15, 0.2) is 101 Å². The van der Waals surface area contributed by atoms with Gasteiger partial charge < -0.3 is 41.0 Å². The summed E-state index contributed by atoms with van der Waals surface area (Å²) in [6, 6.07) is 18.2. The maximum atomic E-state index is 16.2. The Labute approximate surface area is 534 Å². The number of aliphatic imine (C=N–C) groups is 1. The summed E-state index contributed by atoms with van der Waals surface area (Å²) in [5.41, 5.74) is 15.8. The molecule has 3 aromatic carbocycles. The van der Waals surface area contributed by atoms with Crippen LogP contribution in [0.4, 0.5) is 0 Å². The number of ketones is 1. The van der Waals surface area contributed by atoms with Crippen molar-refractivity contribution in [3.05, 3.63) is 135 Å². The summed E-state index contributed by atoms with van der Waals surface area (Å²) >= 11 is 0. The van der Waals surface area contributed by atoms with Crippen molar-refractivity contribution in [1.29, 1.82) is 0 Å². The molecule has 0 aromatic heterocycles. The Bertz CT molecular complexity index is 3630. The molecule has 90 heavy (non-hydrogen) atoms. The molecule has 474 valence electrons. The fourth-order valence-electron chi connectivity index (χ4n) is 24.4. The summed E-state index contributed by atoms with van der Waals surface area (Å²) < 4.78 is 15.0. The Hall–Kier alpha value is -5.60. The zero-order valence-corrected chi connectivity index (χ0v) is 53.4. The Morgan fingerprint density at radius 1 is 0.811 bits per heavy atom. The monoisotopic (exact) mass is 1210 g/mol. The molecule has 7 saturated carbocycles. The number of nitrogens with two attached hydrogens (primary N) is 1. The highest BCUT2D eigenvalue weighted by Crippen LogP contribution is 2.76. The highest BCUT2D eigenvalue weighted by atomic mass is 16.5. The maximum Gasteiger partial charge on any atom is 0.189 e. The third-order valence-corrected chi connectivity index (χ3v) is 27.9. The van der Waals surface area contributed by atoms with Crippen molar-refractivity contribution in [2.24, 2.45) is 68.4 Å². The minimum absolute atomic E-state index is 0.0459. The second-order valence-corrected chi connectivity index (χ2v) is 32.3. The Morgan fingerprint density at radius 2 is 1.59 bits per heavy atom. The number of phenols is 2. The maximum absolute atomic E-state index is 16.2. The molecule has 10 heteroatoms. The first-order valence-corrected chi connectivity index (χ1v) is 36.1. The topological polar surface area (TPSA) is 167 Å². The van der Waals surface area contributed by atoms with Gasteiger partial charge in [0, 0.05) is 63.7 Å². The van der Waals surface area contributed by atoms with Crippen LogP contribution >= 0.6 is 0 Å². The number of phenolic OH excluding ortho intramolecular Hbond substituents is 2. The predicted octanol–water partition coefficient (Wildman–Crippen LogP) is 14.7. The Morgan fingerprint density at radius 3 is 2.40 bits per heavy atom. The molecule has 1 saturated heterocycles. The zero-order chi connectivity index (χ0) is 60.9. The minimum Gasteiger partial charge on any atom is -0.508 e. The number of nitrogens with zero attached hydrogens (tertiary/aromatic N) is 1. The number of rotatable bonds is 4. The van der Waals surface area contributed by atoms with Crippen molar-refractivity contribution in [2.45, 2.75) is 233 Å². The van der Waals surface area contributed by atoms with E-state index in [0.717, 1.165) is 156 Å². The summed E-state index contributed by atoms with van der Waals surface area (Å²) in [7, 11) is 0. The molecule has 14 bridgehead atoms. The number of hydrogen-bond acceptors (Lipinski definition) is 10. The van der Waals surface area contributed by atoms with Gasteiger partial charge in [0.15, 0.2) is 23.2 Å². The molecule has 3 aromatic rings. The van der Waals surface area contributed by atoms with Crippen molar-refractivity contribution in [1.82, 2.24) is 5.32 Å². The number of benzene rings is 3. The van der Waals surface area contributed by atoms with Gasteiger partial charge in [-0.25, -0.2) is 4.99 Å². The molecule has 0 radical (unpaired) electrons. The number of fused-ring (bicyclic) bond motifs is 14. The number of aliphatic hydroxyl groups is 2. The number of hydrogen-bond donors (Lipinski definition) is 6. The van der Waals surface area contributed by atoms with Crippen molar-refractivity contribution < 1.29 is 34.7 Å². The molecule has 2 aliphatic heterocycles. The number of guanidine groups is 1. The number of carbonyl (C=O) groups excluding carboxylic acids is 1. The first kappa shape index (κ1) is 58.2. The number of aliphatic hydroxyl groups excluding tert-OH is 2. The molecule has 4 spiro atoms. The van der Waals surface area contributed by atoms with E-state index in [1.54, 1.807) is 0 Å². The lowest BCUT2D eigenvalue weighted by molar-refractivity contribution is -0.190. The van der Waals surface area contributed by atoms with Gasteiger partial charge in [-0.3, -0.25) is 4.79 Å². The third-order valence-electron chi connectivity index (χ3n) is 27.9. The van der Waals surface area contributed by atoms with Gasteiger partial charge in [-0.15, -0.1) is 0 Å². The smallest absolute Gasteiger partial charge is 0.189 e. The van der Waals surface area contributed by atoms with Gasteiger partial charge in [-0.2, -0.15) is 0 Å². The fraction of sp³-hybridized carbons (Fsp3) is 0.625. The van der Waals surface area contributed by atoms with Crippen molar-refractivity contribution in [3.63, 3.8) is 0 Å².